The number of guanidine groups is 1. The molecule has 0 spiro atoms. The van der Waals surface area contributed by atoms with Crippen molar-refractivity contribution in [2.75, 3.05) is 13.1 Å². The van der Waals surface area contributed by atoms with Gasteiger partial charge >= 0.3 is 5.97 Å². The number of fused-ring (bicyclic) bond motifs is 1. The van der Waals surface area contributed by atoms with Crippen molar-refractivity contribution in [2.45, 2.75) is 211 Å². The number of aromatic nitrogens is 3. The summed E-state index contributed by atoms with van der Waals surface area (Å²) >= 11 is 0. The summed E-state index contributed by atoms with van der Waals surface area (Å²) in [5.41, 5.74) is 24.2. The first-order valence-corrected chi connectivity index (χ1v) is 32.2. The van der Waals surface area contributed by atoms with Gasteiger partial charge in [0.2, 0.25) is 70.9 Å². The second-order valence-electron chi connectivity index (χ2n) is 25.3. The molecule has 24 N–H and O–H groups in total. The molecule has 1 fully saturated rings. The Kier molecular flexibility index (Phi) is 31.4. The van der Waals surface area contributed by atoms with Gasteiger partial charge < -0.3 is 111 Å². The number of para-hydroxylation sites is 1. The lowest BCUT2D eigenvalue weighted by molar-refractivity contribution is -0.142. The van der Waals surface area contributed by atoms with E-state index in [9.17, 15) is 82.8 Å². The molecule has 15 atom stereocenters. The number of rotatable bonds is 39. The van der Waals surface area contributed by atoms with Crippen LogP contribution in [-0.2, 0) is 75.2 Å². The fraction of sp³-hybridized carbons (Fsp3) is 0.597. The second kappa shape index (κ2) is 38.2. The lowest BCUT2D eigenvalue weighted by Gasteiger charge is -2.31. The molecule has 36 heteroatoms. The van der Waals surface area contributed by atoms with Gasteiger partial charge in [0.05, 0.1) is 37.1 Å². The average molecular weight is 1380 g/mol. The predicted molar refractivity (Wildman–Crippen MR) is 353 cm³/mol. The third kappa shape index (κ3) is 25.0. The molecular weight excluding hydrogens is 1280 g/mol. The largest absolute Gasteiger partial charge is 0.481 e. The van der Waals surface area contributed by atoms with Crippen molar-refractivity contribution in [3.05, 3.63) is 54.2 Å². The number of hydrogen-bond donors (Lipinski definition) is 20. The zero-order chi connectivity index (χ0) is 73.4. The van der Waals surface area contributed by atoms with Crippen molar-refractivity contribution in [1.82, 2.24) is 73.0 Å². The van der Waals surface area contributed by atoms with Crippen LogP contribution in [0, 0.1) is 11.8 Å². The number of primary amides is 1. The molecular formula is C62H97N19O17. The van der Waals surface area contributed by atoms with E-state index < -0.39 is 174 Å². The smallest absolute Gasteiger partial charge is 0.305 e. The zero-order valence-corrected chi connectivity index (χ0v) is 56.4. The summed E-state index contributed by atoms with van der Waals surface area (Å²) in [6.07, 6.45) is -1.50. The van der Waals surface area contributed by atoms with Crippen LogP contribution < -0.4 is 76.1 Å². The Labute approximate surface area is 565 Å². The number of benzene rings is 1. The van der Waals surface area contributed by atoms with Gasteiger partial charge in [-0.2, -0.15) is 0 Å². The van der Waals surface area contributed by atoms with E-state index >= 15 is 0 Å². The Morgan fingerprint density at radius 1 is 0.592 bits per heavy atom. The highest BCUT2D eigenvalue weighted by Gasteiger charge is 2.42. The van der Waals surface area contributed by atoms with Gasteiger partial charge in [-0.1, -0.05) is 45.9 Å². The van der Waals surface area contributed by atoms with E-state index in [1.807, 2.05) is 13.8 Å². The number of carbonyl (C=O) groups is 13. The minimum atomic E-state index is -2.02. The number of hydrogen-bond acceptors (Lipinski definition) is 19. The lowest BCUT2D eigenvalue weighted by Crippen LogP contribution is -2.63. The number of aliphatic hydroxyl groups excluding tert-OH is 3. The maximum absolute atomic E-state index is 14.7. The number of nitrogens with zero attached hydrogens (tertiary/aromatic N) is 3. The Morgan fingerprint density at radius 3 is 1.65 bits per heavy atom. The van der Waals surface area contributed by atoms with Crippen molar-refractivity contribution in [1.29, 1.82) is 0 Å². The molecule has 1 aliphatic heterocycles. The molecule has 3 aromatic rings. The highest BCUT2D eigenvalue weighted by atomic mass is 16.4. The van der Waals surface area contributed by atoms with Gasteiger partial charge in [-0.15, -0.1) is 0 Å². The Balaban J connectivity index is 1.51. The predicted octanol–water partition coefficient (Wildman–Crippen LogP) is -5.87. The van der Waals surface area contributed by atoms with Crippen LogP contribution in [0.1, 0.15) is 119 Å². The average Bonchev–Trinajstić information content (AvgIpc) is 1.62. The van der Waals surface area contributed by atoms with E-state index in [2.05, 4.69) is 73.1 Å². The van der Waals surface area contributed by atoms with Gasteiger partial charge in [-0.3, -0.25) is 67.3 Å². The van der Waals surface area contributed by atoms with Gasteiger partial charge in [0.15, 0.2) is 5.96 Å². The molecule has 4 rings (SSSR count). The van der Waals surface area contributed by atoms with E-state index in [1.54, 1.807) is 44.3 Å². The van der Waals surface area contributed by atoms with E-state index in [0.29, 0.717) is 18.4 Å². The summed E-state index contributed by atoms with van der Waals surface area (Å²) < 4.78 is 0. The summed E-state index contributed by atoms with van der Waals surface area (Å²) in [5, 5.41) is 66.7. The Morgan fingerprint density at radius 2 is 1.10 bits per heavy atom. The van der Waals surface area contributed by atoms with Crippen LogP contribution in [0.15, 0.2) is 48.0 Å². The van der Waals surface area contributed by atoms with Crippen LogP contribution in [0.25, 0.3) is 10.9 Å². The van der Waals surface area contributed by atoms with E-state index in [1.165, 1.54) is 38.2 Å². The van der Waals surface area contributed by atoms with Crippen LogP contribution in [0.5, 0.6) is 0 Å². The molecule has 98 heavy (non-hydrogen) atoms. The highest BCUT2D eigenvalue weighted by molar-refractivity contribution is 6.00. The SMILES string of the molecule is CC(C)C[C@H](NC(=O)[C@@H](N)CC(C)C)C(=O)N[C@@H](C)C(=O)N[C@@H](CC(=O)O)C(=O)N[C@H](C(=O)N[C@H](C(=O)N[C@@H](Cc1cnc[nH]1)C(=O)N[C@@H](C)C(=O)N[C@@H](CCCN=C(N)N)C(=O)N1CCC[C@H]1C(=O)N[C@@H](Cc1c[nH]c2ccccc12)C(=O)N[C@H](C(N)=O)[C@@H](C)O)[C@@H](C)O)[C@@H](C)O. The van der Waals surface area contributed by atoms with E-state index in [0.717, 1.165) is 24.8 Å². The Hall–Kier alpha value is -9.81. The van der Waals surface area contributed by atoms with Crippen LogP contribution in [-0.4, -0.2) is 227 Å². The number of amides is 12. The summed E-state index contributed by atoms with van der Waals surface area (Å²) in [4.78, 5) is 192. The maximum Gasteiger partial charge on any atom is 0.305 e. The van der Waals surface area contributed by atoms with Crippen molar-refractivity contribution >= 4 is 93.7 Å². The van der Waals surface area contributed by atoms with Crippen molar-refractivity contribution in [3.63, 3.8) is 0 Å². The van der Waals surface area contributed by atoms with Crippen LogP contribution in [0.2, 0.25) is 0 Å². The first-order chi connectivity index (χ1) is 46.0. The number of aliphatic carboxylic acids is 1. The first-order valence-electron chi connectivity index (χ1n) is 32.2. The molecule has 0 unspecified atom stereocenters. The number of aliphatic hydroxyl groups is 3. The summed E-state index contributed by atoms with van der Waals surface area (Å²) in [7, 11) is 0. The molecule has 0 aliphatic carbocycles. The molecule has 0 bridgehead atoms. The van der Waals surface area contributed by atoms with Gasteiger partial charge in [0.1, 0.15) is 66.5 Å². The normalized spacial score (nSPS) is 17.2. The molecule has 3 heterocycles. The number of imidazole rings is 1. The third-order valence-corrected chi connectivity index (χ3v) is 15.9. The minimum absolute atomic E-state index is 0.00518. The molecule has 1 saturated heterocycles. The van der Waals surface area contributed by atoms with Gasteiger partial charge in [0.25, 0.3) is 0 Å². The zero-order valence-electron chi connectivity index (χ0n) is 56.4. The topological polar surface area (TPSA) is 587 Å². The van der Waals surface area contributed by atoms with E-state index in [-0.39, 0.29) is 75.1 Å². The molecule has 2 aromatic heterocycles. The third-order valence-electron chi connectivity index (χ3n) is 15.9. The van der Waals surface area contributed by atoms with Crippen molar-refractivity contribution < 1.29 is 82.8 Å². The summed E-state index contributed by atoms with van der Waals surface area (Å²) in [5.74, 6) is -13.7. The number of H-pyrrole nitrogens is 2. The number of nitrogens with two attached hydrogens (primary N) is 4. The first kappa shape index (κ1) is 80.6. The summed E-state index contributed by atoms with van der Waals surface area (Å²) in [6, 6.07) is -11.0. The van der Waals surface area contributed by atoms with Crippen LogP contribution in [0.3, 0.4) is 0 Å². The number of likely N-dealkylation sites (tertiary alicyclic amines) is 1. The number of carboxylic acids is 1. The number of aromatic amines is 2. The second-order valence-corrected chi connectivity index (χ2v) is 25.3. The standard InChI is InChI=1S/C62H97N19O17/c1-28(2)20-38(63)53(90)75-41(21-29(3)4)54(91)71-31(6)52(89)74-44(24-46(85)86)57(94)79-49(34(9)84)60(97)80-48(33(8)83)59(96)77-43(23-36-26-67-27-70-36)55(92)72-30(5)51(88)73-40(16-12-18-68-62(65)66)61(98)81-19-13-17-45(81)58(95)76-42(56(93)78-47(32(7)82)50(64)87)22-35-25-69-39-15-11-10-14-37(35)39/h10-11,14-15,25-34,38,40-45,47-49,69,82-84H,12-13,16-24,63H2,1-9H3,(H2,64,87)(H,67,70)(H,71,91)(H,72,92)(H,73,88)(H,74,89)(H,75,90)(H,76,95)(H,77,96)(H,78,93)(H,79,94)(H,80,97)(H,85,86)(H4,65,66,68)/t30-,31-,32+,33+,34+,38-,40-,41-,42-,43-,44-,45-,47-,48-,49-/m0/s1. The molecule has 1 aliphatic rings. The molecule has 12 amide bonds. The fourth-order valence-corrected chi connectivity index (χ4v) is 10.7. The number of nitrogens with one attached hydrogen (secondary N) is 12. The quantitative estimate of drug-likeness (QED) is 0.0144. The van der Waals surface area contributed by atoms with Gasteiger partial charge in [0, 0.05) is 54.9 Å². The minimum Gasteiger partial charge on any atom is -0.481 e. The lowest BCUT2D eigenvalue weighted by atomic mass is 10.0. The number of aliphatic imine (C=N–C) groups is 1. The van der Waals surface area contributed by atoms with E-state index in [4.69, 9.17) is 22.9 Å². The molecule has 1 aromatic carbocycles. The maximum atomic E-state index is 14.7. The fourth-order valence-electron chi connectivity index (χ4n) is 10.7. The molecule has 36 nitrogen and oxygen atoms in total. The van der Waals surface area contributed by atoms with Crippen LogP contribution >= 0.6 is 0 Å². The molecule has 0 saturated carbocycles. The van der Waals surface area contributed by atoms with Crippen molar-refractivity contribution in [3.8, 4) is 0 Å². The number of carboxylic acid groups (broad SMARTS) is 1. The van der Waals surface area contributed by atoms with Crippen LogP contribution in [0.4, 0.5) is 0 Å². The summed E-state index contributed by atoms with van der Waals surface area (Å²) in [6.45, 7) is 13.1. The monoisotopic (exact) mass is 1380 g/mol. The Bertz CT molecular complexity index is 3300. The number of carbonyl (C=O) groups excluding carboxylic acids is 12. The molecule has 542 valence electrons. The molecule has 0 radical (unpaired) electrons. The van der Waals surface area contributed by atoms with Crippen molar-refractivity contribution in [2.24, 2.45) is 39.8 Å². The van der Waals surface area contributed by atoms with Gasteiger partial charge in [-0.25, -0.2) is 4.98 Å². The highest BCUT2D eigenvalue weighted by Crippen LogP contribution is 2.23. The van der Waals surface area contributed by atoms with Gasteiger partial charge in [-0.05, 0) is 96.6 Å².